The molecular weight excluding hydrogens is 309 g/mol. The van der Waals surface area contributed by atoms with Crippen molar-refractivity contribution < 1.29 is 24.6 Å². The van der Waals surface area contributed by atoms with Crippen LogP contribution in [0.1, 0.15) is 12.0 Å². The third kappa shape index (κ3) is 5.07. The number of hydrogen-bond acceptors (Lipinski definition) is 3. The second kappa shape index (κ2) is 7.12. The molecule has 1 aromatic rings. The van der Waals surface area contributed by atoms with Crippen molar-refractivity contribution >= 4 is 41.0 Å². The Bertz CT molecular complexity index is 547. The zero-order valence-electron chi connectivity index (χ0n) is 10.1. The van der Waals surface area contributed by atoms with Crippen molar-refractivity contribution in [2.24, 2.45) is 0 Å². The average molecular weight is 320 g/mol. The Hall–Kier alpha value is -1.79. The number of amides is 1. The molecule has 20 heavy (non-hydrogen) atoms. The molecule has 0 aliphatic heterocycles. The maximum atomic E-state index is 11.7. The second-order valence-electron chi connectivity index (χ2n) is 3.97. The molecule has 0 saturated heterocycles. The minimum atomic E-state index is -1.48. The summed E-state index contributed by atoms with van der Waals surface area (Å²) < 4.78 is 0. The van der Waals surface area contributed by atoms with Gasteiger partial charge in [-0.15, -0.1) is 0 Å². The summed E-state index contributed by atoms with van der Waals surface area (Å²) in [5.41, 5.74) is 0.466. The Morgan fingerprint density at radius 2 is 1.85 bits per heavy atom. The highest BCUT2D eigenvalue weighted by Gasteiger charge is 2.23. The van der Waals surface area contributed by atoms with E-state index in [9.17, 15) is 14.4 Å². The lowest BCUT2D eigenvalue weighted by Gasteiger charge is -2.12. The Balaban J connectivity index is 2.70. The maximum absolute atomic E-state index is 11.7. The maximum Gasteiger partial charge on any atom is 0.326 e. The molecule has 6 nitrogen and oxygen atoms in total. The van der Waals surface area contributed by atoms with Gasteiger partial charge in [-0.05, 0) is 17.7 Å². The highest BCUT2D eigenvalue weighted by atomic mass is 35.5. The molecule has 1 aromatic carbocycles. The number of rotatable bonds is 6. The van der Waals surface area contributed by atoms with Gasteiger partial charge in [-0.3, -0.25) is 9.59 Å². The summed E-state index contributed by atoms with van der Waals surface area (Å²) in [6, 6.07) is 3.06. The topological polar surface area (TPSA) is 104 Å². The lowest BCUT2D eigenvalue weighted by atomic mass is 10.1. The molecule has 0 bridgehead atoms. The first-order valence-electron chi connectivity index (χ1n) is 5.47. The third-order valence-electron chi connectivity index (χ3n) is 2.38. The zero-order valence-corrected chi connectivity index (χ0v) is 11.6. The van der Waals surface area contributed by atoms with Gasteiger partial charge in [0.15, 0.2) is 0 Å². The molecule has 0 saturated carbocycles. The van der Waals surface area contributed by atoms with Gasteiger partial charge in [0.25, 0.3) is 0 Å². The smallest absolute Gasteiger partial charge is 0.326 e. The van der Waals surface area contributed by atoms with E-state index in [0.29, 0.717) is 10.6 Å². The Kier molecular flexibility index (Phi) is 5.79. The predicted octanol–water partition coefficient (Wildman–Crippen LogP) is 1.58. The van der Waals surface area contributed by atoms with Crippen LogP contribution < -0.4 is 5.32 Å². The number of benzene rings is 1. The van der Waals surface area contributed by atoms with Crippen molar-refractivity contribution in [3.05, 3.63) is 33.8 Å². The lowest BCUT2D eigenvalue weighted by molar-refractivity contribution is -0.147. The van der Waals surface area contributed by atoms with Crippen LogP contribution in [0.15, 0.2) is 18.2 Å². The van der Waals surface area contributed by atoms with Gasteiger partial charge in [0.2, 0.25) is 5.91 Å². The molecule has 3 N–H and O–H groups in total. The van der Waals surface area contributed by atoms with E-state index in [1.54, 1.807) is 6.07 Å². The fourth-order valence-corrected chi connectivity index (χ4v) is 1.93. The number of carbonyl (C=O) groups excluding carboxylic acids is 1. The number of carboxylic acids is 2. The molecule has 108 valence electrons. The van der Waals surface area contributed by atoms with Gasteiger partial charge >= 0.3 is 11.9 Å². The number of carbonyl (C=O) groups is 3. The van der Waals surface area contributed by atoms with Crippen LogP contribution in [0.25, 0.3) is 0 Å². The minimum Gasteiger partial charge on any atom is -0.481 e. The molecule has 0 aromatic heterocycles. The molecule has 1 atom stereocenters. The number of aliphatic carboxylic acids is 2. The number of nitrogens with one attached hydrogen (secondary N) is 1. The first kappa shape index (κ1) is 16.3. The van der Waals surface area contributed by atoms with Crippen molar-refractivity contribution in [3.63, 3.8) is 0 Å². The second-order valence-corrected chi connectivity index (χ2v) is 4.81. The van der Waals surface area contributed by atoms with Crippen molar-refractivity contribution in [2.45, 2.75) is 18.9 Å². The van der Waals surface area contributed by atoms with E-state index in [1.165, 1.54) is 12.1 Å². The predicted molar refractivity (Wildman–Crippen MR) is 72.0 cm³/mol. The van der Waals surface area contributed by atoms with E-state index >= 15 is 0 Å². The summed E-state index contributed by atoms with van der Waals surface area (Å²) in [5.74, 6) is -3.37. The van der Waals surface area contributed by atoms with Crippen molar-refractivity contribution in [1.82, 2.24) is 5.32 Å². The van der Waals surface area contributed by atoms with Crippen LogP contribution in [0.4, 0.5) is 0 Å². The van der Waals surface area contributed by atoms with Crippen LogP contribution in [-0.4, -0.2) is 34.1 Å². The van der Waals surface area contributed by atoms with E-state index < -0.39 is 30.3 Å². The zero-order chi connectivity index (χ0) is 15.3. The Morgan fingerprint density at radius 1 is 1.20 bits per heavy atom. The molecule has 0 aliphatic carbocycles. The molecule has 0 spiro atoms. The third-order valence-corrected chi connectivity index (χ3v) is 2.97. The summed E-state index contributed by atoms with van der Waals surface area (Å²) >= 11 is 11.6. The summed E-state index contributed by atoms with van der Waals surface area (Å²) in [6.07, 6.45) is -0.866. The molecule has 1 unspecified atom stereocenters. The van der Waals surface area contributed by atoms with Gasteiger partial charge in [-0.2, -0.15) is 0 Å². The normalized spacial score (nSPS) is 11.7. The fourth-order valence-electron chi connectivity index (χ4n) is 1.46. The first-order valence-corrected chi connectivity index (χ1v) is 6.23. The highest BCUT2D eigenvalue weighted by Crippen LogP contribution is 2.21. The summed E-state index contributed by atoms with van der Waals surface area (Å²) in [5, 5.41) is 20.2. The average Bonchev–Trinajstić information content (AvgIpc) is 2.31. The summed E-state index contributed by atoms with van der Waals surface area (Å²) in [6.45, 7) is 0. The van der Waals surface area contributed by atoms with Crippen molar-refractivity contribution in [3.8, 4) is 0 Å². The van der Waals surface area contributed by atoms with E-state index in [4.69, 9.17) is 33.4 Å². The van der Waals surface area contributed by atoms with Gasteiger partial charge in [0, 0.05) is 10.0 Å². The molecule has 0 heterocycles. The Morgan fingerprint density at radius 3 is 2.35 bits per heavy atom. The SMILES string of the molecule is O=C(O)CC(NC(=O)Cc1ccc(Cl)cc1Cl)C(=O)O. The van der Waals surface area contributed by atoms with Gasteiger partial charge in [0.1, 0.15) is 6.04 Å². The van der Waals surface area contributed by atoms with Crippen LogP contribution in [0, 0.1) is 0 Å². The van der Waals surface area contributed by atoms with E-state index in [2.05, 4.69) is 5.32 Å². The molecule has 8 heteroatoms. The fraction of sp³-hybridized carbons (Fsp3) is 0.250. The van der Waals surface area contributed by atoms with Crippen molar-refractivity contribution in [2.75, 3.05) is 0 Å². The van der Waals surface area contributed by atoms with Crippen LogP contribution in [0.5, 0.6) is 0 Å². The van der Waals surface area contributed by atoms with E-state index in [0.717, 1.165) is 0 Å². The highest BCUT2D eigenvalue weighted by molar-refractivity contribution is 6.35. The molecule has 1 rings (SSSR count). The summed E-state index contributed by atoms with van der Waals surface area (Å²) in [4.78, 5) is 33.0. The van der Waals surface area contributed by atoms with E-state index in [1.807, 2.05) is 0 Å². The van der Waals surface area contributed by atoms with Crippen LogP contribution >= 0.6 is 23.2 Å². The summed E-state index contributed by atoms with van der Waals surface area (Å²) in [7, 11) is 0. The molecule has 0 radical (unpaired) electrons. The number of hydrogen-bond donors (Lipinski definition) is 3. The van der Waals surface area contributed by atoms with E-state index in [-0.39, 0.29) is 11.4 Å². The largest absolute Gasteiger partial charge is 0.481 e. The van der Waals surface area contributed by atoms with Gasteiger partial charge in [-0.25, -0.2) is 4.79 Å². The van der Waals surface area contributed by atoms with Crippen LogP contribution in [0.3, 0.4) is 0 Å². The van der Waals surface area contributed by atoms with Gasteiger partial charge in [-0.1, -0.05) is 29.3 Å². The minimum absolute atomic E-state index is 0.167. The molecule has 0 fully saturated rings. The van der Waals surface area contributed by atoms with Crippen LogP contribution in [0.2, 0.25) is 10.0 Å². The van der Waals surface area contributed by atoms with Crippen LogP contribution in [-0.2, 0) is 20.8 Å². The molecular formula is C12H11Cl2NO5. The lowest BCUT2D eigenvalue weighted by Crippen LogP contribution is -2.42. The Labute approximate surface area is 124 Å². The van der Waals surface area contributed by atoms with Gasteiger partial charge in [0.05, 0.1) is 12.8 Å². The monoisotopic (exact) mass is 319 g/mol. The molecule has 1 amide bonds. The van der Waals surface area contributed by atoms with Crippen molar-refractivity contribution in [1.29, 1.82) is 0 Å². The molecule has 0 aliphatic rings. The number of halogens is 2. The standard InChI is InChI=1S/C12H11Cl2NO5/c13-7-2-1-6(8(14)4-7)3-10(16)15-9(12(19)20)5-11(17)18/h1-2,4,9H,3,5H2,(H,15,16)(H,17,18)(H,19,20). The first-order chi connectivity index (χ1) is 9.29. The van der Waals surface area contributed by atoms with Gasteiger partial charge < -0.3 is 15.5 Å². The number of carboxylic acid groups (broad SMARTS) is 2. The quantitative estimate of drug-likeness (QED) is 0.738.